The molecule has 1 aromatic carbocycles. The van der Waals surface area contributed by atoms with E-state index in [-0.39, 0.29) is 29.9 Å². The maximum absolute atomic E-state index is 13.6. The van der Waals surface area contributed by atoms with Crippen LogP contribution in [0.15, 0.2) is 24.3 Å². The highest BCUT2D eigenvalue weighted by molar-refractivity contribution is 8.01. The van der Waals surface area contributed by atoms with Gasteiger partial charge in [-0.05, 0) is 6.07 Å². The number of benzene rings is 1. The number of nitrogens with zero attached hydrogens (tertiary/aromatic N) is 2. The van der Waals surface area contributed by atoms with Crippen LogP contribution >= 0.6 is 11.8 Å². The molecule has 0 saturated carbocycles. The van der Waals surface area contributed by atoms with Crippen LogP contribution in [0.1, 0.15) is 17.2 Å². The van der Waals surface area contributed by atoms with E-state index in [2.05, 4.69) is 0 Å². The summed E-state index contributed by atoms with van der Waals surface area (Å²) in [5.74, 6) is -0.297. The summed E-state index contributed by atoms with van der Waals surface area (Å²) in [6.07, 6.45) is 1.54. The second-order valence-corrected chi connectivity index (χ2v) is 10.0. The zero-order valence-electron chi connectivity index (χ0n) is 17.5. The van der Waals surface area contributed by atoms with Gasteiger partial charge in [-0.15, -0.1) is 11.8 Å². The van der Waals surface area contributed by atoms with E-state index in [0.717, 1.165) is 5.06 Å². The molecule has 7 atom stereocenters. The van der Waals surface area contributed by atoms with Gasteiger partial charge >= 0.3 is 0 Å². The number of ether oxygens (including phenoxy) is 3. The van der Waals surface area contributed by atoms with Gasteiger partial charge < -0.3 is 29.3 Å². The minimum Gasteiger partial charge on any atom is -0.504 e. The van der Waals surface area contributed by atoms with Crippen molar-refractivity contribution in [2.24, 2.45) is 0 Å². The number of aliphatic hydroxyl groups is 1. The van der Waals surface area contributed by atoms with Crippen molar-refractivity contribution in [2.75, 3.05) is 21.3 Å². The number of likely N-dealkylation sites (N-methyl/N-ethyl adjacent to an activating group) is 1. The molecule has 2 bridgehead atoms. The summed E-state index contributed by atoms with van der Waals surface area (Å²) in [5, 5.41) is 22.0. The summed E-state index contributed by atoms with van der Waals surface area (Å²) in [6, 6.07) is 2.43. The Kier molecular flexibility index (Phi) is 3.98. The molecule has 170 valence electrons. The first-order valence-electron chi connectivity index (χ1n) is 10.2. The number of rotatable bonds is 3. The first kappa shape index (κ1) is 20.2. The highest BCUT2D eigenvalue weighted by atomic mass is 32.2. The Morgan fingerprint density at radius 3 is 2.72 bits per heavy atom. The first-order chi connectivity index (χ1) is 15.3. The number of aliphatic hydroxyl groups excluding tert-OH is 1. The van der Waals surface area contributed by atoms with Gasteiger partial charge in [0.25, 0.3) is 11.8 Å². The number of aromatic hydroxyl groups is 1. The van der Waals surface area contributed by atoms with Crippen molar-refractivity contribution < 1.29 is 38.9 Å². The third-order valence-electron chi connectivity index (χ3n) is 7.10. The van der Waals surface area contributed by atoms with Crippen LogP contribution < -0.4 is 9.47 Å². The lowest BCUT2D eigenvalue weighted by Crippen LogP contribution is -2.78. The maximum Gasteiger partial charge on any atom is 0.272 e. The largest absolute Gasteiger partial charge is 0.504 e. The molecule has 0 unspecified atom stereocenters. The molecule has 2 N–H and O–H groups in total. The van der Waals surface area contributed by atoms with Crippen LogP contribution in [-0.2, 0) is 19.2 Å². The van der Waals surface area contributed by atoms with Crippen LogP contribution in [0.3, 0.4) is 0 Å². The van der Waals surface area contributed by atoms with Crippen molar-refractivity contribution in [1.29, 1.82) is 0 Å². The van der Waals surface area contributed by atoms with Crippen LogP contribution in [0.2, 0.25) is 0 Å². The number of amides is 2. The predicted octanol–water partition coefficient (Wildman–Crippen LogP) is 0.335. The molecular weight excluding hydrogens is 440 g/mol. The van der Waals surface area contributed by atoms with Crippen LogP contribution in [0.25, 0.3) is 0 Å². The zero-order valence-corrected chi connectivity index (χ0v) is 18.4. The van der Waals surface area contributed by atoms with Gasteiger partial charge in [-0.25, -0.2) is 0 Å². The van der Waals surface area contributed by atoms with E-state index in [0.29, 0.717) is 11.3 Å². The van der Waals surface area contributed by atoms with Crippen LogP contribution in [0.4, 0.5) is 0 Å². The molecule has 10 nitrogen and oxygen atoms in total. The Morgan fingerprint density at radius 2 is 2.00 bits per heavy atom. The lowest BCUT2D eigenvalue weighted by molar-refractivity contribution is -0.289. The number of piperazine rings is 1. The molecule has 1 aromatic rings. The number of thioether (sulfide) groups is 1. The molecular formula is C21H22N2O8S. The molecule has 2 spiro atoms. The van der Waals surface area contributed by atoms with Crippen molar-refractivity contribution in [3.05, 3.63) is 29.8 Å². The van der Waals surface area contributed by atoms with Gasteiger partial charge in [0.05, 0.1) is 19.5 Å². The molecule has 0 aromatic heterocycles. The zero-order chi connectivity index (χ0) is 22.6. The van der Waals surface area contributed by atoms with Gasteiger partial charge in [0, 0.05) is 19.0 Å². The second kappa shape index (κ2) is 6.31. The summed E-state index contributed by atoms with van der Waals surface area (Å²) >= 11 is 1.26. The average Bonchev–Trinajstić information content (AvgIpc) is 3.48. The summed E-state index contributed by atoms with van der Waals surface area (Å²) in [5.41, 5.74) is -0.413. The fourth-order valence-corrected chi connectivity index (χ4v) is 7.44. The van der Waals surface area contributed by atoms with Crippen LogP contribution in [-0.4, -0.2) is 88.1 Å². The summed E-state index contributed by atoms with van der Waals surface area (Å²) in [4.78, 5) is 33.1. The average molecular weight is 462 g/mol. The molecule has 1 aliphatic carbocycles. The number of methoxy groups -OCH3 is 2. The molecule has 2 amide bonds. The minimum absolute atomic E-state index is 0.141. The van der Waals surface area contributed by atoms with Gasteiger partial charge in [-0.3, -0.25) is 14.4 Å². The van der Waals surface area contributed by atoms with E-state index in [1.165, 1.54) is 30.9 Å². The van der Waals surface area contributed by atoms with E-state index in [9.17, 15) is 19.8 Å². The van der Waals surface area contributed by atoms with Gasteiger partial charge in [0.15, 0.2) is 16.4 Å². The SMILES string of the molecule is COc1ccc([C@@H]2S[C@@]34C[C@]56O[C@H]5C=C[C@@H](O)[C@@H]6ON3C(=O)[C@@H]2N(C)C4=O)c(O)c1OC. The number of phenolic OH excluding ortho intramolecular Hbond substituents is 1. The van der Waals surface area contributed by atoms with E-state index in [1.807, 2.05) is 0 Å². The number of fused-ring (bicyclic) bond motifs is 2. The third-order valence-corrected chi connectivity index (χ3v) is 8.74. The Labute approximate surface area is 187 Å². The topological polar surface area (TPSA) is 121 Å². The fraction of sp³-hybridized carbons (Fsp3) is 0.524. The summed E-state index contributed by atoms with van der Waals surface area (Å²) in [7, 11) is 4.47. The predicted molar refractivity (Wildman–Crippen MR) is 110 cm³/mol. The Hall–Kier alpha value is -2.47. The minimum atomic E-state index is -1.37. The number of carbonyl (C=O) groups is 2. The van der Waals surface area contributed by atoms with E-state index in [4.69, 9.17) is 19.0 Å². The molecule has 0 radical (unpaired) electrons. The Morgan fingerprint density at radius 1 is 1.22 bits per heavy atom. The summed E-state index contributed by atoms with van der Waals surface area (Å²) < 4.78 is 16.5. The number of carbonyl (C=O) groups excluding carboxylic acids is 2. The van der Waals surface area contributed by atoms with E-state index < -0.39 is 39.9 Å². The lowest BCUT2D eigenvalue weighted by atomic mass is 9.80. The number of epoxide rings is 1. The standard InChI is InChI=1S/C21H22N2O8S/c1-22-13-16(9-4-6-11(28-2)15(29-3)14(9)25)32-21(19(22)27)8-20-12(30-20)7-5-10(24)17(20)31-23(21)18(13)26/h4-7,10,12-13,16-17,24-25H,8H2,1-3H3/t10-,12+,13-,16+,17+,20+,21-/m1/s1. The van der Waals surface area contributed by atoms with Gasteiger partial charge in [0.1, 0.15) is 30.0 Å². The first-order valence-corrected chi connectivity index (χ1v) is 11.1. The highest BCUT2D eigenvalue weighted by Gasteiger charge is 2.78. The number of phenols is 1. The van der Waals surface area contributed by atoms with Crippen molar-refractivity contribution >= 4 is 23.6 Å². The maximum atomic E-state index is 13.6. The smallest absolute Gasteiger partial charge is 0.272 e. The Balaban J connectivity index is 1.46. The normalized spacial score (nSPS) is 41.2. The lowest BCUT2D eigenvalue weighted by Gasteiger charge is -2.61. The van der Waals surface area contributed by atoms with Crippen molar-refractivity contribution in [3.63, 3.8) is 0 Å². The molecule has 32 heavy (non-hydrogen) atoms. The number of hydrogen-bond acceptors (Lipinski definition) is 9. The number of hydroxylamine groups is 2. The molecule has 5 aliphatic heterocycles. The van der Waals surface area contributed by atoms with Gasteiger partial charge in [0.2, 0.25) is 5.75 Å². The molecule has 5 saturated heterocycles. The number of hydrogen-bond donors (Lipinski definition) is 2. The fourth-order valence-electron chi connectivity index (χ4n) is 5.49. The Bertz CT molecular complexity index is 1080. The van der Waals surface area contributed by atoms with E-state index in [1.54, 1.807) is 31.3 Å². The van der Waals surface area contributed by atoms with Gasteiger partial charge in [-0.1, -0.05) is 18.2 Å². The monoisotopic (exact) mass is 462 g/mol. The molecule has 7 rings (SSSR count). The van der Waals surface area contributed by atoms with Gasteiger partial charge in [-0.2, -0.15) is 5.06 Å². The molecule has 11 heteroatoms. The highest BCUT2D eigenvalue weighted by Crippen LogP contribution is 2.65. The van der Waals surface area contributed by atoms with Crippen molar-refractivity contribution in [1.82, 2.24) is 9.96 Å². The van der Waals surface area contributed by atoms with E-state index >= 15 is 0 Å². The van der Waals surface area contributed by atoms with Crippen molar-refractivity contribution in [2.45, 2.75) is 46.5 Å². The quantitative estimate of drug-likeness (QED) is 0.484. The summed E-state index contributed by atoms with van der Waals surface area (Å²) in [6.45, 7) is 0. The van der Waals surface area contributed by atoms with Crippen molar-refractivity contribution in [3.8, 4) is 17.2 Å². The molecule has 6 aliphatic rings. The molecule has 5 heterocycles. The third kappa shape index (κ3) is 2.22. The van der Waals surface area contributed by atoms with Crippen LogP contribution in [0.5, 0.6) is 17.2 Å². The second-order valence-electron chi connectivity index (χ2n) is 8.63. The van der Waals surface area contributed by atoms with Crippen LogP contribution in [0, 0.1) is 0 Å². The molecule has 5 fully saturated rings.